The molecule has 2 N–H and O–H groups in total. The van der Waals surface area contributed by atoms with Crippen LogP contribution in [0.3, 0.4) is 0 Å². The third-order valence-corrected chi connectivity index (χ3v) is 4.49. The minimum absolute atomic E-state index is 0.0166. The number of carbonyl (C=O) groups excluding carboxylic acids is 1. The molecule has 0 bridgehead atoms. The summed E-state index contributed by atoms with van der Waals surface area (Å²) in [4.78, 5) is 12.7. The quantitative estimate of drug-likeness (QED) is 0.850. The Morgan fingerprint density at radius 3 is 2.67 bits per heavy atom. The first-order valence-electron chi connectivity index (χ1n) is 6.96. The van der Waals surface area contributed by atoms with E-state index in [1.54, 1.807) is 14.2 Å². The van der Waals surface area contributed by atoms with Crippen LogP contribution in [-0.2, 0) is 9.53 Å². The molecule has 5 nitrogen and oxygen atoms in total. The summed E-state index contributed by atoms with van der Waals surface area (Å²) < 4.78 is 11.3. The summed E-state index contributed by atoms with van der Waals surface area (Å²) in [6, 6.07) is 5.51. The monoisotopic (exact) mass is 356 g/mol. The number of hydrogen-bond donors (Lipinski definition) is 2. The van der Waals surface area contributed by atoms with Gasteiger partial charge < -0.3 is 20.1 Å². The second kappa shape index (κ2) is 7.24. The van der Waals surface area contributed by atoms with Crippen molar-refractivity contribution in [1.29, 1.82) is 0 Å². The van der Waals surface area contributed by atoms with E-state index >= 15 is 0 Å². The molecule has 1 amide bonds. The number of amides is 1. The lowest BCUT2D eigenvalue weighted by Gasteiger charge is -2.35. The molecule has 116 valence electrons. The highest BCUT2D eigenvalue weighted by Crippen LogP contribution is 2.32. The first kappa shape index (κ1) is 16.3. The molecule has 0 aromatic heterocycles. The number of ether oxygens (including phenoxy) is 2. The van der Waals surface area contributed by atoms with Crippen molar-refractivity contribution in [1.82, 2.24) is 5.32 Å². The molecule has 21 heavy (non-hydrogen) atoms. The van der Waals surface area contributed by atoms with Gasteiger partial charge in [-0.25, -0.2) is 0 Å². The maximum atomic E-state index is 12.7. The van der Waals surface area contributed by atoms with E-state index in [2.05, 4.69) is 26.6 Å². The molecule has 1 aliphatic heterocycles. The van der Waals surface area contributed by atoms with Crippen LogP contribution in [0, 0.1) is 5.41 Å². The molecular formula is C15H21BrN2O3. The molecule has 6 heteroatoms. The molecule has 1 aromatic rings. The fourth-order valence-electron chi connectivity index (χ4n) is 2.63. The molecule has 0 saturated carbocycles. The van der Waals surface area contributed by atoms with E-state index < -0.39 is 5.41 Å². The van der Waals surface area contributed by atoms with Gasteiger partial charge in [-0.15, -0.1) is 0 Å². The predicted octanol–water partition coefficient (Wildman–Crippen LogP) is 2.41. The summed E-state index contributed by atoms with van der Waals surface area (Å²) in [6.07, 6.45) is 1.56. The van der Waals surface area contributed by atoms with Gasteiger partial charge in [0, 0.05) is 12.8 Å². The smallest absolute Gasteiger partial charge is 0.233 e. The van der Waals surface area contributed by atoms with Crippen LogP contribution in [-0.4, -0.2) is 39.8 Å². The molecular weight excluding hydrogens is 336 g/mol. The topological polar surface area (TPSA) is 59.6 Å². The number of piperidine rings is 1. The number of halogens is 1. The van der Waals surface area contributed by atoms with Gasteiger partial charge in [-0.05, 0) is 60.1 Å². The average molecular weight is 357 g/mol. The van der Waals surface area contributed by atoms with E-state index in [1.165, 1.54) is 0 Å². The molecule has 0 radical (unpaired) electrons. The van der Waals surface area contributed by atoms with E-state index in [1.807, 2.05) is 18.2 Å². The highest BCUT2D eigenvalue weighted by Gasteiger charge is 2.39. The summed E-state index contributed by atoms with van der Waals surface area (Å²) in [5.41, 5.74) is 0.300. The van der Waals surface area contributed by atoms with Crippen molar-refractivity contribution in [2.24, 2.45) is 5.41 Å². The highest BCUT2D eigenvalue weighted by molar-refractivity contribution is 9.10. The number of anilines is 1. The van der Waals surface area contributed by atoms with Gasteiger partial charge in [-0.1, -0.05) is 0 Å². The first-order valence-corrected chi connectivity index (χ1v) is 7.75. The van der Waals surface area contributed by atoms with Crippen LogP contribution in [0.5, 0.6) is 5.75 Å². The van der Waals surface area contributed by atoms with Crippen LogP contribution in [0.15, 0.2) is 22.7 Å². The van der Waals surface area contributed by atoms with Gasteiger partial charge in [0.05, 0.1) is 23.6 Å². The van der Waals surface area contributed by atoms with E-state index in [9.17, 15) is 4.79 Å². The zero-order valence-electron chi connectivity index (χ0n) is 12.4. The van der Waals surface area contributed by atoms with Crippen LogP contribution in [0.4, 0.5) is 5.69 Å². The average Bonchev–Trinajstić information content (AvgIpc) is 2.48. The molecule has 1 saturated heterocycles. The molecule has 1 heterocycles. The van der Waals surface area contributed by atoms with E-state index in [0.29, 0.717) is 6.61 Å². The van der Waals surface area contributed by atoms with Crippen molar-refractivity contribution in [2.45, 2.75) is 12.8 Å². The summed E-state index contributed by atoms with van der Waals surface area (Å²) in [5, 5.41) is 6.28. The Kier molecular flexibility index (Phi) is 5.61. The number of rotatable bonds is 5. The number of carbonyl (C=O) groups is 1. The lowest BCUT2D eigenvalue weighted by Crippen LogP contribution is -2.47. The van der Waals surface area contributed by atoms with Crippen LogP contribution >= 0.6 is 15.9 Å². The van der Waals surface area contributed by atoms with E-state index in [4.69, 9.17) is 9.47 Å². The van der Waals surface area contributed by atoms with Crippen LogP contribution < -0.4 is 15.4 Å². The second-order valence-corrected chi connectivity index (χ2v) is 6.12. The van der Waals surface area contributed by atoms with Gasteiger partial charge in [0.25, 0.3) is 0 Å². The highest BCUT2D eigenvalue weighted by atomic mass is 79.9. The number of hydrogen-bond acceptors (Lipinski definition) is 4. The van der Waals surface area contributed by atoms with E-state index in [-0.39, 0.29) is 5.91 Å². The van der Waals surface area contributed by atoms with Crippen molar-refractivity contribution in [2.75, 3.05) is 39.2 Å². The summed E-state index contributed by atoms with van der Waals surface area (Å²) >= 11 is 3.43. The fraction of sp³-hybridized carbons (Fsp3) is 0.533. The number of nitrogens with one attached hydrogen (secondary N) is 2. The standard InChI is InChI=1S/C15H21BrN2O3/c1-20-10-15(5-7-17-8-6-15)14(19)18-11-3-4-13(21-2)12(16)9-11/h3-4,9,17H,5-8,10H2,1-2H3,(H,18,19). The maximum Gasteiger partial charge on any atom is 0.233 e. The Balaban J connectivity index is 2.13. The third kappa shape index (κ3) is 3.75. The lowest BCUT2D eigenvalue weighted by molar-refractivity contribution is -0.130. The Bertz CT molecular complexity index is 496. The minimum Gasteiger partial charge on any atom is -0.496 e. The van der Waals surface area contributed by atoms with Crippen molar-refractivity contribution < 1.29 is 14.3 Å². The van der Waals surface area contributed by atoms with Crippen LogP contribution in [0.25, 0.3) is 0 Å². The summed E-state index contributed by atoms with van der Waals surface area (Å²) in [6.45, 7) is 2.12. The molecule has 0 aliphatic carbocycles. The molecule has 1 aliphatic rings. The Morgan fingerprint density at radius 1 is 1.38 bits per heavy atom. The van der Waals surface area contributed by atoms with Crippen molar-refractivity contribution in [3.05, 3.63) is 22.7 Å². The normalized spacial score (nSPS) is 17.3. The Labute approximate surface area is 133 Å². The predicted molar refractivity (Wildman–Crippen MR) is 85.7 cm³/mol. The molecule has 1 aromatic carbocycles. The van der Waals surface area contributed by atoms with Crippen molar-refractivity contribution in [3.8, 4) is 5.75 Å². The van der Waals surface area contributed by atoms with Gasteiger partial charge in [0.2, 0.25) is 5.91 Å². The van der Waals surface area contributed by atoms with Crippen LogP contribution in [0.2, 0.25) is 0 Å². The molecule has 0 spiro atoms. The summed E-state index contributed by atoms with van der Waals surface area (Å²) in [7, 11) is 3.25. The van der Waals surface area contributed by atoms with Gasteiger partial charge >= 0.3 is 0 Å². The minimum atomic E-state index is -0.452. The largest absolute Gasteiger partial charge is 0.496 e. The molecule has 2 rings (SSSR count). The molecule has 0 unspecified atom stereocenters. The second-order valence-electron chi connectivity index (χ2n) is 5.27. The molecule has 0 atom stereocenters. The van der Waals surface area contributed by atoms with Crippen molar-refractivity contribution >= 4 is 27.5 Å². The number of methoxy groups -OCH3 is 2. The lowest BCUT2D eigenvalue weighted by atomic mass is 9.78. The van der Waals surface area contributed by atoms with Gasteiger partial charge in [-0.2, -0.15) is 0 Å². The zero-order chi connectivity index (χ0) is 15.3. The van der Waals surface area contributed by atoms with E-state index in [0.717, 1.165) is 41.8 Å². The maximum absolute atomic E-state index is 12.7. The van der Waals surface area contributed by atoms with Crippen LogP contribution in [0.1, 0.15) is 12.8 Å². The Morgan fingerprint density at radius 2 is 2.10 bits per heavy atom. The number of benzene rings is 1. The Hall–Kier alpha value is -1.11. The van der Waals surface area contributed by atoms with Gasteiger partial charge in [0.15, 0.2) is 0 Å². The van der Waals surface area contributed by atoms with Gasteiger partial charge in [0.1, 0.15) is 5.75 Å². The zero-order valence-corrected chi connectivity index (χ0v) is 14.0. The SMILES string of the molecule is COCC1(C(=O)Nc2ccc(OC)c(Br)c2)CCNCC1. The summed E-state index contributed by atoms with van der Waals surface area (Å²) in [5.74, 6) is 0.754. The van der Waals surface area contributed by atoms with Crippen molar-refractivity contribution in [3.63, 3.8) is 0 Å². The third-order valence-electron chi connectivity index (χ3n) is 3.87. The molecule has 1 fully saturated rings. The van der Waals surface area contributed by atoms with Gasteiger partial charge in [-0.3, -0.25) is 4.79 Å². The fourth-order valence-corrected chi connectivity index (χ4v) is 3.17. The first-order chi connectivity index (χ1) is 10.1.